The molecule has 4 atom stereocenters. The molecular weight excluding hydrogens is 592 g/mol. The van der Waals surface area contributed by atoms with Crippen LogP contribution >= 0.6 is 43.5 Å². The molecule has 3 amide bonds. The molecule has 0 unspecified atom stereocenters. The van der Waals surface area contributed by atoms with Gasteiger partial charge in [-0.05, 0) is 49.2 Å². The van der Waals surface area contributed by atoms with Gasteiger partial charge in [-0.15, -0.1) is 0 Å². The average Bonchev–Trinajstić information content (AvgIpc) is 3.06. The molecule has 1 aliphatic carbocycles. The Labute approximate surface area is 218 Å². The predicted molar refractivity (Wildman–Crippen MR) is 133 cm³/mol. The van der Waals surface area contributed by atoms with E-state index in [1.54, 1.807) is 36.4 Å². The summed E-state index contributed by atoms with van der Waals surface area (Å²) in [6.45, 7) is -0.497. The van der Waals surface area contributed by atoms with E-state index in [0.29, 0.717) is 24.2 Å². The number of ketones is 1. The first-order valence-electron chi connectivity index (χ1n) is 10.6. The minimum absolute atomic E-state index is 0.0131. The molecule has 2 aliphatic rings. The summed E-state index contributed by atoms with van der Waals surface area (Å²) in [6, 6.07) is 12.7. The average molecular weight is 613 g/mol. The van der Waals surface area contributed by atoms with Gasteiger partial charge in [-0.25, -0.2) is 5.01 Å². The lowest BCUT2D eigenvalue weighted by atomic mass is 9.81. The first-order valence-corrected chi connectivity index (χ1v) is 12.8. The largest absolute Gasteiger partial charge is 0.497 e. The van der Waals surface area contributed by atoms with Crippen LogP contribution in [0.3, 0.4) is 0 Å². The van der Waals surface area contributed by atoms with Crippen molar-refractivity contribution in [2.24, 2.45) is 11.8 Å². The molecule has 0 aromatic heterocycles. The second-order valence-corrected chi connectivity index (χ2v) is 11.0. The van der Waals surface area contributed by atoms with Gasteiger partial charge < -0.3 is 4.74 Å². The van der Waals surface area contributed by atoms with Crippen molar-refractivity contribution in [2.45, 2.75) is 22.5 Å². The van der Waals surface area contributed by atoms with E-state index in [1.165, 1.54) is 19.2 Å². The number of alkyl halides is 2. The number of Topliss-reactive ketones (excluding diaryl/α,β-unsaturated/α-hetero) is 1. The summed E-state index contributed by atoms with van der Waals surface area (Å²) in [5.74, 6) is -2.66. The summed E-state index contributed by atoms with van der Waals surface area (Å²) in [6.07, 6.45) is 0.893. The molecule has 1 saturated carbocycles. The molecule has 1 saturated heterocycles. The lowest BCUT2D eigenvalue weighted by Gasteiger charge is -2.30. The second kappa shape index (κ2) is 10.2. The predicted octanol–water partition coefficient (Wildman–Crippen LogP) is 4.51. The van der Waals surface area contributed by atoms with Crippen LogP contribution in [0.1, 0.15) is 33.6 Å². The van der Waals surface area contributed by atoms with E-state index in [0.717, 1.165) is 10.0 Å². The first kappa shape index (κ1) is 24.9. The molecule has 0 bridgehead atoms. The highest BCUT2D eigenvalue weighted by Gasteiger charge is 2.54. The maximum absolute atomic E-state index is 13.5. The van der Waals surface area contributed by atoms with Gasteiger partial charge in [0.25, 0.3) is 17.7 Å². The summed E-state index contributed by atoms with van der Waals surface area (Å²) in [5, 5.41) is 1.95. The van der Waals surface area contributed by atoms with Gasteiger partial charge in [0.2, 0.25) is 0 Å². The lowest BCUT2D eigenvalue weighted by molar-refractivity contribution is -0.154. The maximum Gasteiger partial charge on any atom is 0.274 e. The number of rotatable bonds is 6. The Bertz CT molecular complexity index is 1110. The zero-order chi connectivity index (χ0) is 24.6. The van der Waals surface area contributed by atoms with Crippen molar-refractivity contribution in [2.75, 3.05) is 13.7 Å². The summed E-state index contributed by atoms with van der Waals surface area (Å²) in [5.41, 5.74) is 0.411. The van der Waals surface area contributed by atoms with E-state index in [-0.39, 0.29) is 20.2 Å². The van der Waals surface area contributed by atoms with Crippen LogP contribution in [0.25, 0.3) is 0 Å². The number of hydrogen-bond acceptors (Lipinski definition) is 5. The Kier molecular flexibility index (Phi) is 7.45. The number of carbonyl (C=O) groups excluding carboxylic acids is 4. The number of imide groups is 1. The molecule has 2 fully saturated rings. The third kappa shape index (κ3) is 4.65. The number of hydrogen-bond donors (Lipinski definition) is 0. The van der Waals surface area contributed by atoms with Crippen LogP contribution < -0.4 is 4.74 Å². The Balaban J connectivity index is 1.69. The highest BCUT2D eigenvalue weighted by Crippen LogP contribution is 2.43. The van der Waals surface area contributed by atoms with Crippen LogP contribution in [0.2, 0.25) is 5.02 Å². The van der Waals surface area contributed by atoms with Gasteiger partial charge in [-0.1, -0.05) is 55.6 Å². The van der Waals surface area contributed by atoms with Crippen LogP contribution in [0.5, 0.6) is 5.75 Å². The van der Waals surface area contributed by atoms with Gasteiger partial charge in [0.05, 0.1) is 29.5 Å². The molecule has 4 rings (SSSR count). The number of methoxy groups -OCH3 is 1. The number of amides is 3. The smallest absolute Gasteiger partial charge is 0.274 e. The van der Waals surface area contributed by atoms with Crippen molar-refractivity contribution in [3.63, 3.8) is 0 Å². The van der Waals surface area contributed by atoms with Crippen LogP contribution in [0, 0.1) is 11.8 Å². The fraction of sp³-hybridized carbons (Fsp3) is 0.333. The van der Waals surface area contributed by atoms with Gasteiger partial charge in [-0.2, -0.15) is 5.01 Å². The molecule has 10 heteroatoms. The molecule has 7 nitrogen and oxygen atoms in total. The zero-order valence-corrected chi connectivity index (χ0v) is 22.0. The van der Waals surface area contributed by atoms with E-state index < -0.39 is 41.9 Å². The van der Waals surface area contributed by atoms with E-state index in [4.69, 9.17) is 16.3 Å². The Morgan fingerprint density at radius 1 is 1.00 bits per heavy atom. The number of nitrogens with zero attached hydrogens (tertiary/aromatic N) is 2. The fourth-order valence-corrected chi connectivity index (χ4v) is 5.78. The highest BCUT2D eigenvalue weighted by atomic mass is 79.9. The summed E-state index contributed by atoms with van der Waals surface area (Å²) in [7, 11) is 1.51. The summed E-state index contributed by atoms with van der Waals surface area (Å²) >= 11 is 13.4. The van der Waals surface area contributed by atoms with Crippen molar-refractivity contribution >= 4 is 67.0 Å². The summed E-state index contributed by atoms with van der Waals surface area (Å²) < 4.78 is 5.12. The highest BCUT2D eigenvalue weighted by molar-refractivity contribution is 9.12. The molecule has 178 valence electrons. The van der Waals surface area contributed by atoms with E-state index in [9.17, 15) is 19.2 Å². The Hall–Kier alpha value is -2.23. The van der Waals surface area contributed by atoms with E-state index >= 15 is 0 Å². The quantitative estimate of drug-likeness (QED) is 0.273. The Morgan fingerprint density at radius 2 is 1.56 bits per heavy atom. The molecule has 34 heavy (non-hydrogen) atoms. The minimum atomic E-state index is -0.696. The van der Waals surface area contributed by atoms with Gasteiger partial charge in [-0.3, -0.25) is 19.2 Å². The summed E-state index contributed by atoms with van der Waals surface area (Å²) in [4.78, 5) is 53.5. The maximum atomic E-state index is 13.5. The molecular formula is C24H21Br2ClN2O5. The molecule has 1 aliphatic heterocycles. The van der Waals surface area contributed by atoms with Crippen molar-refractivity contribution in [1.82, 2.24) is 10.0 Å². The third-order valence-electron chi connectivity index (χ3n) is 6.17. The number of halogens is 3. The number of hydrazine groups is 1. The second-order valence-electron chi connectivity index (χ2n) is 8.20. The van der Waals surface area contributed by atoms with Gasteiger partial charge >= 0.3 is 0 Å². The fourth-order valence-electron chi connectivity index (χ4n) is 4.33. The van der Waals surface area contributed by atoms with Crippen molar-refractivity contribution in [3.8, 4) is 5.75 Å². The number of ether oxygens (including phenoxy) is 1. The van der Waals surface area contributed by atoms with Crippen molar-refractivity contribution in [3.05, 3.63) is 64.7 Å². The lowest BCUT2D eigenvalue weighted by Crippen LogP contribution is -2.52. The number of benzene rings is 2. The molecule has 0 radical (unpaired) electrons. The monoisotopic (exact) mass is 610 g/mol. The Morgan fingerprint density at radius 3 is 2.09 bits per heavy atom. The normalized spacial score (nSPS) is 24.1. The van der Waals surface area contributed by atoms with Gasteiger partial charge in [0.15, 0.2) is 5.78 Å². The SMILES string of the molecule is COc1ccc(C(=O)CN(C(=O)c2ccccc2Cl)N2C(=O)[C@H]3C[C@@H](Br)[C@@H](Br)C[C@H]3C2=O)cc1. The van der Waals surface area contributed by atoms with Crippen LogP contribution in [0.15, 0.2) is 48.5 Å². The minimum Gasteiger partial charge on any atom is -0.497 e. The van der Waals surface area contributed by atoms with Crippen molar-refractivity contribution in [1.29, 1.82) is 0 Å². The standard InChI is InChI=1S/C24H21Br2ClN2O5/c1-34-14-8-6-13(7-9-14)21(30)12-28(22(31)15-4-2-3-5-20(15)27)29-23(32)16-10-18(25)19(26)11-17(16)24(29)33/h2-9,16-19H,10-12H2,1H3/t16-,17+,18+,19-. The molecule has 0 N–H and O–H groups in total. The van der Waals surface area contributed by atoms with Gasteiger partial charge in [0, 0.05) is 15.2 Å². The number of carbonyl (C=O) groups is 4. The van der Waals surface area contributed by atoms with E-state index in [2.05, 4.69) is 31.9 Å². The van der Waals surface area contributed by atoms with Crippen LogP contribution in [-0.4, -0.2) is 56.8 Å². The zero-order valence-electron chi connectivity index (χ0n) is 18.1. The molecule has 2 aromatic rings. The topological polar surface area (TPSA) is 84.0 Å². The van der Waals surface area contributed by atoms with Crippen LogP contribution in [-0.2, 0) is 9.59 Å². The van der Waals surface area contributed by atoms with Crippen LogP contribution in [0.4, 0.5) is 0 Å². The third-order valence-corrected chi connectivity index (χ3v) is 9.24. The number of fused-ring (bicyclic) bond motifs is 1. The first-order chi connectivity index (χ1) is 16.2. The molecule has 2 aromatic carbocycles. The van der Waals surface area contributed by atoms with E-state index in [1.807, 2.05) is 0 Å². The van der Waals surface area contributed by atoms with Crippen molar-refractivity contribution < 1.29 is 23.9 Å². The molecule has 1 heterocycles. The molecule has 0 spiro atoms. The van der Waals surface area contributed by atoms with Gasteiger partial charge in [0.1, 0.15) is 12.3 Å².